The van der Waals surface area contributed by atoms with Crippen molar-refractivity contribution >= 4 is 0 Å². The number of nitrogens with zero attached hydrogens (tertiary/aromatic N) is 2. The molecule has 5 heteroatoms. The zero-order valence-corrected chi connectivity index (χ0v) is 11.2. The number of aromatic nitrogens is 2. The van der Waals surface area contributed by atoms with Crippen molar-refractivity contribution in [3.63, 3.8) is 0 Å². The largest absolute Gasteiger partial charge is 0.508 e. The van der Waals surface area contributed by atoms with Gasteiger partial charge in [-0.15, -0.1) is 0 Å². The van der Waals surface area contributed by atoms with E-state index in [0.29, 0.717) is 13.1 Å². The minimum Gasteiger partial charge on any atom is -0.508 e. The van der Waals surface area contributed by atoms with E-state index in [1.165, 1.54) is 6.07 Å². The molecule has 0 fully saturated rings. The van der Waals surface area contributed by atoms with Crippen LogP contribution in [0.3, 0.4) is 0 Å². The van der Waals surface area contributed by atoms with Gasteiger partial charge in [0, 0.05) is 38.0 Å². The van der Waals surface area contributed by atoms with Gasteiger partial charge in [-0.3, -0.25) is 4.68 Å². The lowest BCUT2D eigenvalue weighted by Gasteiger charge is -2.05. The molecule has 19 heavy (non-hydrogen) atoms. The molecule has 4 nitrogen and oxygen atoms in total. The van der Waals surface area contributed by atoms with Crippen molar-refractivity contribution < 1.29 is 9.50 Å². The Morgan fingerprint density at radius 3 is 2.79 bits per heavy atom. The summed E-state index contributed by atoms with van der Waals surface area (Å²) in [6.45, 7) is 3.24. The quantitative estimate of drug-likeness (QED) is 0.868. The first-order valence-electron chi connectivity index (χ1n) is 6.29. The van der Waals surface area contributed by atoms with Crippen molar-refractivity contribution in [2.75, 3.05) is 0 Å². The van der Waals surface area contributed by atoms with Gasteiger partial charge in [0.25, 0.3) is 0 Å². The molecule has 0 radical (unpaired) electrons. The van der Waals surface area contributed by atoms with Crippen LogP contribution in [-0.4, -0.2) is 14.9 Å². The molecule has 1 heterocycles. The lowest BCUT2D eigenvalue weighted by atomic mass is 10.2. The van der Waals surface area contributed by atoms with Crippen LogP contribution >= 0.6 is 0 Å². The molecule has 2 N–H and O–H groups in total. The minimum atomic E-state index is -0.424. The number of phenols is 1. The Balaban J connectivity index is 1.96. The van der Waals surface area contributed by atoms with Crippen LogP contribution in [0, 0.1) is 5.82 Å². The zero-order valence-electron chi connectivity index (χ0n) is 11.2. The molecule has 1 aromatic carbocycles. The number of aryl methyl sites for hydroxylation is 2. The molecular weight excluding hydrogens is 245 g/mol. The van der Waals surface area contributed by atoms with Gasteiger partial charge in [0.1, 0.15) is 11.6 Å². The van der Waals surface area contributed by atoms with Gasteiger partial charge in [-0.2, -0.15) is 5.10 Å². The van der Waals surface area contributed by atoms with E-state index in [1.807, 2.05) is 13.2 Å². The third kappa shape index (κ3) is 3.54. The smallest absolute Gasteiger partial charge is 0.127 e. The molecule has 2 aromatic rings. The average molecular weight is 263 g/mol. The molecule has 0 atom stereocenters. The fourth-order valence-corrected chi connectivity index (χ4v) is 2.11. The molecule has 0 unspecified atom stereocenters. The molecule has 0 spiro atoms. The zero-order chi connectivity index (χ0) is 13.8. The Labute approximate surface area is 111 Å². The van der Waals surface area contributed by atoms with Crippen LogP contribution in [-0.2, 0) is 26.6 Å². The number of nitrogens with one attached hydrogen (secondary N) is 1. The number of aromatic hydroxyl groups is 1. The first-order chi connectivity index (χ1) is 9.08. The Kier molecular flexibility index (Phi) is 4.16. The fourth-order valence-electron chi connectivity index (χ4n) is 2.11. The molecule has 2 rings (SSSR count). The summed E-state index contributed by atoms with van der Waals surface area (Å²) in [6.07, 6.45) is 2.87. The normalized spacial score (nSPS) is 10.9. The summed E-state index contributed by atoms with van der Waals surface area (Å²) in [5, 5.41) is 16.9. The highest BCUT2D eigenvalue weighted by Gasteiger charge is 2.05. The molecule has 0 aliphatic heterocycles. The molecule has 102 valence electrons. The average Bonchev–Trinajstić information content (AvgIpc) is 2.68. The third-order valence-electron chi connectivity index (χ3n) is 2.91. The van der Waals surface area contributed by atoms with E-state index in [0.717, 1.165) is 29.3 Å². The molecule has 0 aliphatic carbocycles. The number of rotatable bonds is 5. The van der Waals surface area contributed by atoms with Crippen LogP contribution < -0.4 is 5.32 Å². The topological polar surface area (TPSA) is 50.1 Å². The lowest BCUT2D eigenvalue weighted by molar-refractivity contribution is 0.467. The van der Waals surface area contributed by atoms with Crippen molar-refractivity contribution in [2.24, 2.45) is 7.05 Å². The highest BCUT2D eigenvalue weighted by Crippen LogP contribution is 2.14. The molecule has 0 amide bonds. The van der Waals surface area contributed by atoms with Gasteiger partial charge in [0.15, 0.2) is 0 Å². The maximum atomic E-state index is 13.1. The predicted octanol–water partition coefficient (Wildman–Crippen LogP) is 2.12. The van der Waals surface area contributed by atoms with E-state index >= 15 is 0 Å². The summed E-state index contributed by atoms with van der Waals surface area (Å²) in [5.74, 6) is -0.472. The second-order valence-corrected chi connectivity index (χ2v) is 4.55. The number of halogens is 1. The van der Waals surface area contributed by atoms with Gasteiger partial charge >= 0.3 is 0 Å². The highest BCUT2D eigenvalue weighted by atomic mass is 19.1. The number of hydrogen-bond donors (Lipinski definition) is 2. The van der Waals surface area contributed by atoms with E-state index < -0.39 is 5.82 Å². The van der Waals surface area contributed by atoms with Crippen molar-refractivity contribution in [2.45, 2.75) is 26.4 Å². The standard InChI is InChI=1S/C14H18FN3O/c1-3-14-11(9-18(2)17-14)8-16-7-10-4-12(15)6-13(19)5-10/h4-6,9,16,19H,3,7-8H2,1-2H3. The van der Waals surface area contributed by atoms with Crippen LogP contribution in [0.15, 0.2) is 24.4 Å². The van der Waals surface area contributed by atoms with Gasteiger partial charge in [-0.05, 0) is 24.1 Å². The molecule has 0 saturated heterocycles. The van der Waals surface area contributed by atoms with Gasteiger partial charge in [0.05, 0.1) is 5.69 Å². The van der Waals surface area contributed by atoms with Gasteiger partial charge in [-0.25, -0.2) is 4.39 Å². The molecule has 1 aromatic heterocycles. The lowest BCUT2D eigenvalue weighted by Crippen LogP contribution is -2.13. The second kappa shape index (κ2) is 5.84. The summed E-state index contributed by atoms with van der Waals surface area (Å²) >= 11 is 0. The second-order valence-electron chi connectivity index (χ2n) is 4.55. The van der Waals surface area contributed by atoms with E-state index in [4.69, 9.17) is 0 Å². The third-order valence-corrected chi connectivity index (χ3v) is 2.91. The summed E-state index contributed by atoms with van der Waals surface area (Å²) in [4.78, 5) is 0. The van der Waals surface area contributed by atoms with Crippen LogP contribution in [0.4, 0.5) is 4.39 Å². The Morgan fingerprint density at radius 2 is 2.11 bits per heavy atom. The maximum Gasteiger partial charge on any atom is 0.127 e. The highest BCUT2D eigenvalue weighted by molar-refractivity contribution is 5.28. The van der Waals surface area contributed by atoms with Crippen molar-refractivity contribution in [1.29, 1.82) is 0 Å². The molecule has 0 saturated carbocycles. The SMILES string of the molecule is CCc1nn(C)cc1CNCc1cc(O)cc(F)c1. The number of benzene rings is 1. The Hall–Kier alpha value is -1.88. The van der Waals surface area contributed by atoms with Crippen molar-refractivity contribution in [3.05, 3.63) is 47.0 Å². The van der Waals surface area contributed by atoms with Gasteiger partial charge < -0.3 is 10.4 Å². The summed E-state index contributed by atoms with van der Waals surface area (Å²) in [6, 6.07) is 4.07. The van der Waals surface area contributed by atoms with E-state index in [-0.39, 0.29) is 5.75 Å². The van der Waals surface area contributed by atoms with Crippen molar-refractivity contribution in [1.82, 2.24) is 15.1 Å². The van der Waals surface area contributed by atoms with E-state index in [2.05, 4.69) is 17.3 Å². The van der Waals surface area contributed by atoms with Crippen molar-refractivity contribution in [3.8, 4) is 5.75 Å². The molecule has 0 aliphatic rings. The maximum absolute atomic E-state index is 13.1. The van der Waals surface area contributed by atoms with Crippen LogP contribution in [0.25, 0.3) is 0 Å². The Bertz CT molecular complexity index is 546. The summed E-state index contributed by atoms with van der Waals surface area (Å²) < 4.78 is 14.9. The van der Waals surface area contributed by atoms with E-state index in [1.54, 1.807) is 10.7 Å². The minimum absolute atomic E-state index is 0.0487. The monoisotopic (exact) mass is 263 g/mol. The first-order valence-corrected chi connectivity index (χ1v) is 6.29. The van der Waals surface area contributed by atoms with E-state index in [9.17, 15) is 9.50 Å². The number of hydrogen-bond acceptors (Lipinski definition) is 3. The predicted molar refractivity (Wildman–Crippen MR) is 71.2 cm³/mol. The van der Waals surface area contributed by atoms with Crippen LogP contribution in [0.5, 0.6) is 5.75 Å². The summed E-state index contributed by atoms with van der Waals surface area (Å²) in [7, 11) is 1.90. The molecular formula is C14H18FN3O. The van der Waals surface area contributed by atoms with Gasteiger partial charge in [-0.1, -0.05) is 6.92 Å². The Morgan fingerprint density at radius 1 is 1.32 bits per heavy atom. The fraction of sp³-hybridized carbons (Fsp3) is 0.357. The van der Waals surface area contributed by atoms with Crippen LogP contribution in [0.2, 0.25) is 0 Å². The van der Waals surface area contributed by atoms with Gasteiger partial charge in [0.2, 0.25) is 0 Å². The number of phenolic OH excluding ortho intramolecular Hbond substituents is 1. The molecule has 0 bridgehead atoms. The van der Waals surface area contributed by atoms with Crippen LogP contribution in [0.1, 0.15) is 23.7 Å². The first kappa shape index (κ1) is 13.5. The summed E-state index contributed by atoms with van der Waals surface area (Å²) in [5.41, 5.74) is 2.93.